The number of aromatic amines is 1. The Morgan fingerprint density at radius 3 is 1.55 bits per heavy atom. The van der Waals surface area contributed by atoms with Crippen LogP contribution in [0.25, 0.3) is 11.2 Å². The molecule has 612 valence electrons. The number of carboxylic acid groups (broad SMARTS) is 1. The highest BCUT2D eigenvalue weighted by Crippen LogP contribution is 2.19. The zero-order valence-corrected chi connectivity index (χ0v) is 66.5. The zero-order valence-electron chi connectivity index (χ0n) is 65.6. The minimum atomic E-state index is -1.57. The lowest BCUT2D eigenvalue weighted by Gasteiger charge is -2.26. The highest BCUT2D eigenvalue weighted by Gasteiger charge is 2.32. The van der Waals surface area contributed by atoms with E-state index in [1.165, 1.54) is 139 Å². The predicted molar refractivity (Wildman–Crippen MR) is 426 cm³/mol. The molecular weight excluding hydrogens is 1400 g/mol. The first kappa shape index (κ1) is 95.0. The van der Waals surface area contributed by atoms with Crippen molar-refractivity contribution in [2.75, 3.05) is 56.2 Å². The van der Waals surface area contributed by atoms with Crippen LogP contribution >= 0.6 is 11.8 Å². The Morgan fingerprint density at radius 2 is 1.02 bits per heavy atom. The molecule has 0 aliphatic rings. The van der Waals surface area contributed by atoms with Crippen molar-refractivity contribution < 1.29 is 62.8 Å². The van der Waals surface area contributed by atoms with Gasteiger partial charge in [-0.1, -0.05) is 193 Å². The molecule has 108 heavy (non-hydrogen) atoms. The summed E-state index contributed by atoms with van der Waals surface area (Å²) >= 11 is 1.19. The van der Waals surface area contributed by atoms with Crippen LogP contribution in [0.3, 0.4) is 0 Å². The number of carbonyl (C=O) groups excluding carboxylic acids is 8. The minimum absolute atomic E-state index is 0.00693. The number of amides is 6. The number of rotatable bonds is 67. The number of aromatic nitrogens is 4. The minimum Gasteiger partial charge on any atom is -0.480 e. The van der Waals surface area contributed by atoms with Crippen molar-refractivity contribution >= 4 is 82.2 Å². The van der Waals surface area contributed by atoms with Crippen LogP contribution in [0.1, 0.15) is 294 Å². The van der Waals surface area contributed by atoms with Crippen molar-refractivity contribution in [1.29, 1.82) is 0 Å². The van der Waals surface area contributed by atoms with Gasteiger partial charge in [0.15, 0.2) is 5.65 Å². The maximum Gasteiger partial charge on any atom is 0.328 e. The van der Waals surface area contributed by atoms with E-state index in [4.69, 9.17) is 26.7 Å². The largest absolute Gasteiger partial charge is 0.480 e. The molecule has 0 saturated heterocycles. The lowest BCUT2D eigenvalue weighted by atomic mass is 10.0. The number of anilines is 1. The molecule has 3 rings (SSSR count). The van der Waals surface area contributed by atoms with Gasteiger partial charge in [0, 0.05) is 43.0 Å². The number of H-pyrrole nitrogens is 1. The summed E-state index contributed by atoms with van der Waals surface area (Å²) in [5, 5.41) is 39.2. The van der Waals surface area contributed by atoms with E-state index < -0.39 is 90.4 Å². The SMILES string of the molecule is CCCCCCCCCCCCCCCC(=O)OCC(CSC[C@H](N)C(=O)N[C@@H](CO)C(=O)N[C@@H](CCCCN)C(=O)N[C@@H](C)C(=O)N[C@@H](CCCCNC(=O)c1ccc(Cn2c(=O)[nH]c3cnc(NCCCC)nc32)cc1)C(=O)N[C@@H](CCCCN)C(=O)O)OC(=O)CCCCCCCCCCCCCCC. The smallest absolute Gasteiger partial charge is 0.328 e. The van der Waals surface area contributed by atoms with Gasteiger partial charge in [-0.3, -0.25) is 42.9 Å². The molecular formula is C79H136N14O14S. The van der Waals surface area contributed by atoms with E-state index in [0.717, 1.165) is 56.9 Å². The number of nitrogens with zero attached hydrogens (tertiary/aromatic N) is 3. The molecule has 7 atom stereocenters. The molecule has 0 saturated carbocycles. The van der Waals surface area contributed by atoms with Crippen molar-refractivity contribution in [2.24, 2.45) is 17.2 Å². The second-order valence-electron chi connectivity index (χ2n) is 28.7. The van der Waals surface area contributed by atoms with Gasteiger partial charge >= 0.3 is 23.6 Å². The average molecular weight is 1540 g/mol. The average Bonchev–Trinajstić information content (AvgIpc) is 1.64. The lowest BCUT2D eigenvalue weighted by Crippen LogP contribution is -2.59. The molecule has 0 aliphatic heterocycles. The monoisotopic (exact) mass is 1540 g/mol. The number of thioether (sulfide) groups is 1. The van der Waals surface area contributed by atoms with E-state index in [1.54, 1.807) is 30.5 Å². The second kappa shape index (κ2) is 59.6. The molecule has 0 aliphatic carbocycles. The number of nitrogens with two attached hydrogens (primary N) is 3. The van der Waals surface area contributed by atoms with Gasteiger partial charge in [0.05, 0.1) is 25.4 Å². The van der Waals surface area contributed by atoms with Gasteiger partial charge in [-0.15, -0.1) is 0 Å². The molecule has 1 unspecified atom stereocenters. The van der Waals surface area contributed by atoms with Crippen molar-refractivity contribution in [3.63, 3.8) is 0 Å². The fraction of sp³-hybridized carbons (Fsp3) is 0.747. The third-order valence-electron chi connectivity index (χ3n) is 19.1. The van der Waals surface area contributed by atoms with Gasteiger partial charge in [0.2, 0.25) is 35.5 Å². The topological polar surface area (TPSA) is 438 Å². The third kappa shape index (κ3) is 42.1. The lowest BCUT2D eigenvalue weighted by molar-refractivity contribution is -0.157. The van der Waals surface area contributed by atoms with Gasteiger partial charge in [-0.2, -0.15) is 16.7 Å². The number of aliphatic carboxylic acids is 1. The highest BCUT2D eigenvalue weighted by atomic mass is 32.2. The number of nitrogens with one attached hydrogen (secondary N) is 8. The summed E-state index contributed by atoms with van der Waals surface area (Å²) in [5.41, 5.74) is 19.4. The number of unbranched alkanes of at least 4 members (excludes halogenated alkanes) is 28. The molecule has 2 aromatic heterocycles. The van der Waals surface area contributed by atoms with Crippen LogP contribution in [-0.4, -0.2) is 176 Å². The summed E-state index contributed by atoms with van der Waals surface area (Å²) < 4.78 is 13.0. The summed E-state index contributed by atoms with van der Waals surface area (Å²) in [6.07, 6.45) is 35.9. The van der Waals surface area contributed by atoms with Gasteiger partial charge < -0.3 is 79.1 Å². The number of benzene rings is 1. The van der Waals surface area contributed by atoms with Crippen LogP contribution < -0.4 is 60.1 Å². The van der Waals surface area contributed by atoms with E-state index >= 15 is 0 Å². The Labute approximate surface area is 645 Å². The standard InChI is InChI=1S/C79H136N14O14S/c1-5-8-11-13-15-17-19-21-23-25-27-29-31-42-68(95)106-55-61(107-69(96)43-32-30-28-26-24-22-20-18-16-14-12-9-6-2)56-108-57-62(82)73(99)90-67(54-94)76(102)88-63(39-33-36-48-80)74(100)86-58(4)71(97)87-64(75(101)89-65(77(103)104)41-34-37-49-81)40-35-38-51-83-72(98)60-46-44-59(45-47-60)53-93-70-66(91-79(93)105)52-85-78(92-70)84-50-10-7-3/h44-47,52,58,61-65,67,94H,5-43,48-51,53-57,80-82H2,1-4H3,(H,83,98)(H,86,100)(H,87,97)(H,88,102)(H,89,101)(H,90,99)(H,91,105)(H,103,104)(H,84,85,92)/t58-,61?,62-,63-,64-,65-,67-/m0/s1. The van der Waals surface area contributed by atoms with E-state index in [9.17, 15) is 58.2 Å². The van der Waals surface area contributed by atoms with Crippen molar-refractivity contribution in [3.8, 4) is 0 Å². The molecule has 0 spiro atoms. The van der Waals surface area contributed by atoms with Gasteiger partial charge in [-0.05, 0) is 115 Å². The Bertz CT molecular complexity index is 3080. The van der Waals surface area contributed by atoms with Gasteiger partial charge in [0.25, 0.3) is 5.91 Å². The first-order valence-corrected chi connectivity index (χ1v) is 41.9. The van der Waals surface area contributed by atoms with Crippen LogP contribution in [0.5, 0.6) is 0 Å². The van der Waals surface area contributed by atoms with E-state index in [-0.39, 0.29) is 93.8 Å². The maximum absolute atomic E-state index is 14.0. The molecule has 0 bridgehead atoms. The van der Waals surface area contributed by atoms with Crippen LogP contribution in [0.15, 0.2) is 35.3 Å². The fourth-order valence-corrected chi connectivity index (χ4v) is 13.3. The summed E-state index contributed by atoms with van der Waals surface area (Å²) in [6, 6.07) is -1.32. The predicted octanol–water partition coefficient (Wildman–Crippen LogP) is 9.54. The number of ether oxygens (including phenoxy) is 2. The van der Waals surface area contributed by atoms with E-state index in [1.807, 2.05) is 0 Å². The fourth-order valence-electron chi connectivity index (χ4n) is 12.3. The van der Waals surface area contributed by atoms with Crippen LogP contribution in [-0.2, 0) is 54.4 Å². The summed E-state index contributed by atoms with van der Waals surface area (Å²) in [6.45, 7) is 8.43. The molecule has 0 radical (unpaired) electrons. The molecule has 1 aromatic carbocycles. The van der Waals surface area contributed by atoms with Crippen molar-refractivity contribution in [2.45, 2.75) is 327 Å². The number of esters is 2. The number of hydrogen-bond acceptors (Lipinski definition) is 20. The van der Waals surface area contributed by atoms with Crippen LogP contribution in [0.4, 0.5) is 5.95 Å². The zero-order chi connectivity index (χ0) is 78.9. The number of fused-ring (bicyclic) bond motifs is 1. The highest BCUT2D eigenvalue weighted by molar-refractivity contribution is 7.99. The molecule has 29 heteroatoms. The third-order valence-corrected chi connectivity index (χ3v) is 20.3. The molecule has 2 heterocycles. The molecule has 28 nitrogen and oxygen atoms in total. The number of aliphatic hydroxyl groups is 1. The number of hydrogen-bond donors (Lipinski definition) is 13. The Hall–Kier alpha value is -7.21. The normalized spacial score (nSPS) is 13.3. The molecule has 16 N–H and O–H groups in total. The Morgan fingerprint density at radius 1 is 0.546 bits per heavy atom. The molecule has 0 fully saturated rings. The molecule has 6 amide bonds. The first-order chi connectivity index (χ1) is 52.3. The number of aliphatic hydroxyl groups excluding tert-OH is 1. The van der Waals surface area contributed by atoms with E-state index in [2.05, 4.69) is 72.9 Å². The number of imidazole rings is 1. The second-order valence-corrected chi connectivity index (χ2v) is 29.7. The number of carbonyl (C=O) groups is 9. The summed E-state index contributed by atoms with van der Waals surface area (Å²) in [4.78, 5) is 145. The van der Waals surface area contributed by atoms with Gasteiger partial charge in [-0.25, -0.2) is 14.6 Å². The Kier molecular flexibility index (Phi) is 52.5. The summed E-state index contributed by atoms with van der Waals surface area (Å²) in [5.74, 6) is -6.11. The summed E-state index contributed by atoms with van der Waals surface area (Å²) in [7, 11) is 0. The van der Waals surface area contributed by atoms with Crippen molar-refractivity contribution in [3.05, 3.63) is 52.1 Å². The quantitative estimate of drug-likeness (QED) is 0.0185. The Balaban J connectivity index is 1.59. The van der Waals surface area contributed by atoms with Crippen LogP contribution in [0.2, 0.25) is 0 Å². The number of carboxylic acids is 1. The van der Waals surface area contributed by atoms with Crippen LogP contribution in [0, 0.1) is 0 Å². The van der Waals surface area contributed by atoms with Gasteiger partial charge in [0.1, 0.15) is 48.4 Å². The van der Waals surface area contributed by atoms with E-state index in [0.29, 0.717) is 80.7 Å². The maximum atomic E-state index is 14.0. The molecule has 3 aromatic rings. The van der Waals surface area contributed by atoms with Crippen molar-refractivity contribution in [1.82, 2.24) is 51.4 Å². The first-order valence-electron chi connectivity index (χ1n) is 40.8.